The van der Waals surface area contributed by atoms with E-state index < -0.39 is 17.5 Å². The maximum Gasteiger partial charge on any atom is 0.256 e. The lowest BCUT2D eigenvalue weighted by Gasteiger charge is -2.34. The van der Waals surface area contributed by atoms with E-state index in [1.165, 1.54) is 4.90 Å². The molecule has 0 aliphatic carbocycles. The number of hydrogen-bond donors (Lipinski definition) is 1. The predicted molar refractivity (Wildman–Crippen MR) is 80.0 cm³/mol. The van der Waals surface area contributed by atoms with Crippen molar-refractivity contribution in [2.75, 3.05) is 39.8 Å². The van der Waals surface area contributed by atoms with Gasteiger partial charge in [0.1, 0.15) is 11.6 Å². The Morgan fingerprint density at radius 1 is 1.14 bits per heavy atom. The van der Waals surface area contributed by atoms with Crippen LogP contribution in [0.4, 0.5) is 8.78 Å². The summed E-state index contributed by atoms with van der Waals surface area (Å²) in [6, 6.07) is 2.90. The minimum Gasteiger partial charge on any atom is -0.338 e. The van der Waals surface area contributed by atoms with Crippen LogP contribution in [-0.4, -0.2) is 61.4 Å². The fourth-order valence-electron chi connectivity index (χ4n) is 2.26. The molecule has 0 aromatic heterocycles. The smallest absolute Gasteiger partial charge is 0.256 e. The van der Waals surface area contributed by atoms with E-state index in [9.17, 15) is 18.4 Å². The molecular weight excluding hydrogens is 316 g/mol. The van der Waals surface area contributed by atoms with Gasteiger partial charge in [-0.15, -0.1) is 12.4 Å². The van der Waals surface area contributed by atoms with Crippen LogP contribution in [0.1, 0.15) is 10.4 Å². The molecule has 0 bridgehead atoms. The highest BCUT2D eigenvalue weighted by Crippen LogP contribution is 2.14. The number of hydrogen-bond acceptors (Lipinski definition) is 3. The van der Waals surface area contributed by atoms with E-state index in [4.69, 9.17) is 0 Å². The SMILES string of the molecule is CNCC(=O)N1CCN(C(=O)c2ccc(F)cc2F)CC1.Cl. The predicted octanol–water partition coefficient (Wildman–Crippen LogP) is 0.890. The molecule has 0 radical (unpaired) electrons. The third-order valence-corrected chi connectivity index (χ3v) is 3.41. The van der Waals surface area contributed by atoms with E-state index in [2.05, 4.69) is 5.32 Å². The minimum absolute atomic E-state index is 0. The van der Waals surface area contributed by atoms with E-state index in [0.29, 0.717) is 32.2 Å². The Hall–Kier alpha value is -1.73. The number of amides is 2. The van der Waals surface area contributed by atoms with E-state index in [0.717, 1.165) is 12.1 Å². The molecule has 1 heterocycles. The summed E-state index contributed by atoms with van der Waals surface area (Å²) in [6.45, 7) is 1.75. The number of nitrogens with one attached hydrogen (secondary N) is 1. The van der Waals surface area contributed by atoms with E-state index >= 15 is 0 Å². The molecule has 1 aliphatic heterocycles. The van der Waals surface area contributed by atoms with Gasteiger partial charge in [-0.25, -0.2) is 8.78 Å². The first-order valence-electron chi connectivity index (χ1n) is 6.69. The van der Waals surface area contributed by atoms with Crippen molar-refractivity contribution in [1.82, 2.24) is 15.1 Å². The van der Waals surface area contributed by atoms with Gasteiger partial charge in [-0.3, -0.25) is 9.59 Å². The van der Waals surface area contributed by atoms with Crippen LogP contribution in [0, 0.1) is 11.6 Å². The van der Waals surface area contributed by atoms with Gasteiger partial charge in [0.15, 0.2) is 0 Å². The molecule has 1 aromatic rings. The molecule has 2 rings (SSSR count). The molecule has 0 saturated carbocycles. The molecule has 8 heteroatoms. The lowest BCUT2D eigenvalue weighted by atomic mass is 10.1. The van der Waals surface area contributed by atoms with Crippen LogP contribution in [0.25, 0.3) is 0 Å². The largest absolute Gasteiger partial charge is 0.338 e. The van der Waals surface area contributed by atoms with Crippen molar-refractivity contribution in [2.45, 2.75) is 0 Å². The first-order valence-corrected chi connectivity index (χ1v) is 6.69. The molecule has 0 unspecified atom stereocenters. The Bertz CT molecular complexity index is 549. The van der Waals surface area contributed by atoms with Crippen LogP contribution in [0.5, 0.6) is 0 Å². The van der Waals surface area contributed by atoms with Gasteiger partial charge in [0.05, 0.1) is 12.1 Å². The number of piperazine rings is 1. The fourth-order valence-corrected chi connectivity index (χ4v) is 2.26. The van der Waals surface area contributed by atoms with Crippen LogP contribution in [0.3, 0.4) is 0 Å². The first-order chi connectivity index (χ1) is 10.0. The average Bonchev–Trinajstić information content (AvgIpc) is 2.47. The van der Waals surface area contributed by atoms with Crippen molar-refractivity contribution in [2.24, 2.45) is 0 Å². The number of rotatable bonds is 3. The Kier molecular flexibility index (Phi) is 6.70. The normalized spacial score (nSPS) is 14.5. The molecule has 1 fully saturated rings. The molecular formula is C14H18ClF2N3O2. The highest BCUT2D eigenvalue weighted by atomic mass is 35.5. The van der Waals surface area contributed by atoms with Gasteiger partial charge in [0, 0.05) is 32.2 Å². The van der Waals surface area contributed by atoms with Crippen LogP contribution in [0.15, 0.2) is 18.2 Å². The second-order valence-corrected chi connectivity index (χ2v) is 4.83. The summed E-state index contributed by atoms with van der Waals surface area (Å²) in [4.78, 5) is 27.0. The van der Waals surface area contributed by atoms with Gasteiger partial charge in [-0.05, 0) is 19.2 Å². The number of likely N-dealkylation sites (N-methyl/N-ethyl adjacent to an activating group) is 1. The standard InChI is InChI=1S/C14H17F2N3O2.ClH/c1-17-9-13(20)18-4-6-19(7-5-18)14(21)11-3-2-10(15)8-12(11)16;/h2-3,8,17H,4-7,9H2,1H3;1H. The van der Waals surface area contributed by atoms with Crippen LogP contribution in [0.2, 0.25) is 0 Å². The van der Waals surface area contributed by atoms with Gasteiger partial charge in [0.2, 0.25) is 5.91 Å². The van der Waals surface area contributed by atoms with E-state index in [-0.39, 0.29) is 30.4 Å². The van der Waals surface area contributed by atoms with Crippen molar-refractivity contribution in [3.05, 3.63) is 35.4 Å². The molecule has 1 N–H and O–H groups in total. The summed E-state index contributed by atoms with van der Waals surface area (Å²) in [5, 5.41) is 2.78. The summed E-state index contributed by atoms with van der Waals surface area (Å²) >= 11 is 0. The van der Waals surface area contributed by atoms with Gasteiger partial charge >= 0.3 is 0 Å². The topological polar surface area (TPSA) is 52.7 Å². The monoisotopic (exact) mass is 333 g/mol. The van der Waals surface area contributed by atoms with Crippen LogP contribution < -0.4 is 5.32 Å². The van der Waals surface area contributed by atoms with Crippen molar-refractivity contribution in [3.63, 3.8) is 0 Å². The molecule has 1 aromatic carbocycles. The maximum absolute atomic E-state index is 13.6. The quantitative estimate of drug-likeness (QED) is 0.894. The second-order valence-electron chi connectivity index (χ2n) is 4.83. The number of halogens is 3. The number of carbonyl (C=O) groups is 2. The van der Waals surface area contributed by atoms with E-state index in [1.807, 2.05) is 0 Å². The molecule has 1 saturated heterocycles. The first kappa shape index (κ1) is 18.3. The highest BCUT2D eigenvalue weighted by Gasteiger charge is 2.25. The van der Waals surface area contributed by atoms with Gasteiger partial charge in [0.25, 0.3) is 5.91 Å². The van der Waals surface area contributed by atoms with Crippen molar-refractivity contribution in [3.8, 4) is 0 Å². The molecule has 1 aliphatic rings. The van der Waals surface area contributed by atoms with Gasteiger partial charge in [-0.1, -0.05) is 0 Å². The Labute approximate surface area is 133 Å². The van der Waals surface area contributed by atoms with Gasteiger partial charge in [-0.2, -0.15) is 0 Å². The zero-order valence-corrected chi connectivity index (χ0v) is 13.0. The molecule has 22 heavy (non-hydrogen) atoms. The number of carbonyl (C=O) groups excluding carboxylic acids is 2. The number of benzene rings is 1. The lowest BCUT2D eigenvalue weighted by Crippen LogP contribution is -2.52. The maximum atomic E-state index is 13.6. The summed E-state index contributed by atoms with van der Waals surface area (Å²) in [5.74, 6) is -2.09. The molecule has 5 nitrogen and oxygen atoms in total. The Morgan fingerprint density at radius 3 is 2.27 bits per heavy atom. The van der Waals surface area contributed by atoms with Crippen molar-refractivity contribution < 1.29 is 18.4 Å². The Balaban J connectivity index is 0.00000242. The molecule has 2 amide bonds. The molecule has 0 atom stereocenters. The summed E-state index contributed by atoms with van der Waals surface area (Å²) < 4.78 is 26.5. The zero-order chi connectivity index (χ0) is 15.4. The third-order valence-electron chi connectivity index (χ3n) is 3.41. The van der Waals surface area contributed by atoms with Gasteiger partial charge < -0.3 is 15.1 Å². The molecule has 122 valence electrons. The average molecular weight is 334 g/mol. The van der Waals surface area contributed by atoms with Crippen LogP contribution >= 0.6 is 12.4 Å². The van der Waals surface area contributed by atoms with Crippen molar-refractivity contribution >= 4 is 24.2 Å². The summed E-state index contributed by atoms with van der Waals surface area (Å²) in [7, 11) is 1.69. The van der Waals surface area contributed by atoms with Crippen LogP contribution in [-0.2, 0) is 4.79 Å². The third kappa shape index (κ3) is 4.14. The lowest BCUT2D eigenvalue weighted by molar-refractivity contribution is -0.131. The number of nitrogens with zero attached hydrogens (tertiary/aromatic N) is 2. The van der Waals surface area contributed by atoms with E-state index in [1.54, 1.807) is 11.9 Å². The van der Waals surface area contributed by atoms with Crippen molar-refractivity contribution in [1.29, 1.82) is 0 Å². The second kappa shape index (κ2) is 8.05. The molecule has 0 spiro atoms. The highest BCUT2D eigenvalue weighted by molar-refractivity contribution is 5.94. The fraction of sp³-hybridized carbons (Fsp3) is 0.429. The zero-order valence-electron chi connectivity index (χ0n) is 12.1. The minimum atomic E-state index is -0.867. The summed E-state index contributed by atoms with van der Waals surface area (Å²) in [5.41, 5.74) is -0.147. The Morgan fingerprint density at radius 2 is 1.73 bits per heavy atom. The summed E-state index contributed by atoms with van der Waals surface area (Å²) in [6.07, 6.45) is 0.